The molecule has 1 fully saturated rings. The third-order valence-corrected chi connectivity index (χ3v) is 4.88. The summed E-state index contributed by atoms with van der Waals surface area (Å²) in [5, 5.41) is 5.47. The van der Waals surface area contributed by atoms with Crippen LogP contribution in [0.2, 0.25) is 0 Å². The van der Waals surface area contributed by atoms with E-state index in [1.165, 1.54) is 16.7 Å². The highest BCUT2D eigenvalue weighted by Crippen LogP contribution is 2.30. The highest BCUT2D eigenvalue weighted by Gasteiger charge is 2.30. The van der Waals surface area contributed by atoms with Crippen molar-refractivity contribution < 1.29 is 9.59 Å². The molecule has 25 heavy (non-hydrogen) atoms. The normalized spacial score (nSPS) is 19.8. The highest BCUT2D eigenvalue weighted by molar-refractivity contribution is 6.39. The fraction of sp³-hybridized carbons (Fsp3) is 0.632. The molecule has 2 N–H and O–H groups in total. The van der Waals surface area contributed by atoms with Gasteiger partial charge in [0.1, 0.15) is 0 Å². The summed E-state index contributed by atoms with van der Waals surface area (Å²) in [6, 6.07) is 2.98. The van der Waals surface area contributed by atoms with Crippen molar-refractivity contribution in [3.05, 3.63) is 28.7 Å². The Labute approximate surface area is 149 Å². The van der Waals surface area contributed by atoms with Gasteiger partial charge in [-0.1, -0.05) is 26.7 Å². The number of aryl methyl sites for hydroxylation is 1. The van der Waals surface area contributed by atoms with E-state index in [-0.39, 0.29) is 11.6 Å². The third kappa shape index (κ3) is 5.44. The molecule has 2 rings (SSSR count). The molecule has 2 atom stereocenters. The van der Waals surface area contributed by atoms with E-state index in [9.17, 15) is 14.4 Å². The molecule has 6 nitrogen and oxygen atoms in total. The molecule has 0 unspecified atom stereocenters. The fourth-order valence-electron chi connectivity index (χ4n) is 3.39. The van der Waals surface area contributed by atoms with Gasteiger partial charge in [0, 0.05) is 24.8 Å². The first-order valence-corrected chi connectivity index (χ1v) is 9.23. The lowest BCUT2D eigenvalue weighted by molar-refractivity contribution is -0.136. The third-order valence-electron chi connectivity index (χ3n) is 4.88. The Morgan fingerprint density at radius 2 is 2.00 bits per heavy atom. The molecule has 0 radical (unpaired) electrons. The second-order valence-electron chi connectivity index (χ2n) is 7.24. The lowest BCUT2D eigenvalue weighted by Crippen LogP contribution is -2.43. The van der Waals surface area contributed by atoms with Crippen LogP contribution in [0.15, 0.2) is 23.1 Å². The molecule has 1 aromatic rings. The van der Waals surface area contributed by atoms with Gasteiger partial charge in [0.15, 0.2) is 0 Å². The first-order chi connectivity index (χ1) is 11.9. The quantitative estimate of drug-likeness (QED) is 0.776. The smallest absolute Gasteiger partial charge is 0.313 e. The van der Waals surface area contributed by atoms with E-state index in [2.05, 4.69) is 24.5 Å². The van der Waals surface area contributed by atoms with Gasteiger partial charge < -0.3 is 15.2 Å². The first-order valence-electron chi connectivity index (χ1n) is 9.23. The standard InChI is InChI=1S/C19H29N3O3/c1-4-22-12-15(10-11-17(22)23)20-18(24)19(25)21-16-7-5-6-14(16)9-8-13(2)3/h10-14,16H,4-9H2,1-3H3,(H,20,24)(H,21,25)/t14-,16-/m0/s1. The van der Waals surface area contributed by atoms with Crippen molar-refractivity contribution >= 4 is 17.5 Å². The molecule has 1 aliphatic rings. The number of nitrogens with zero attached hydrogens (tertiary/aromatic N) is 1. The van der Waals surface area contributed by atoms with Gasteiger partial charge in [-0.25, -0.2) is 0 Å². The number of hydrogen-bond acceptors (Lipinski definition) is 3. The molecule has 0 saturated heterocycles. The topological polar surface area (TPSA) is 80.2 Å². The van der Waals surface area contributed by atoms with Crippen molar-refractivity contribution in [1.82, 2.24) is 9.88 Å². The van der Waals surface area contributed by atoms with E-state index >= 15 is 0 Å². The minimum absolute atomic E-state index is 0.0848. The van der Waals surface area contributed by atoms with Crippen molar-refractivity contribution in [1.29, 1.82) is 0 Å². The molecule has 0 aromatic carbocycles. The molecule has 1 aliphatic carbocycles. The lowest BCUT2D eigenvalue weighted by atomic mass is 9.93. The van der Waals surface area contributed by atoms with Gasteiger partial charge in [0.25, 0.3) is 5.56 Å². The van der Waals surface area contributed by atoms with E-state index in [0.29, 0.717) is 24.1 Å². The van der Waals surface area contributed by atoms with Crippen LogP contribution < -0.4 is 16.2 Å². The lowest BCUT2D eigenvalue weighted by Gasteiger charge is -2.21. The van der Waals surface area contributed by atoms with Gasteiger partial charge in [-0.3, -0.25) is 14.4 Å². The number of nitrogens with one attached hydrogen (secondary N) is 2. The molecule has 1 heterocycles. The summed E-state index contributed by atoms with van der Waals surface area (Å²) < 4.78 is 1.48. The molecule has 6 heteroatoms. The number of hydrogen-bond donors (Lipinski definition) is 2. The van der Waals surface area contributed by atoms with Gasteiger partial charge in [0.2, 0.25) is 0 Å². The zero-order chi connectivity index (χ0) is 18.4. The number of carbonyl (C=O) groups excluding carboxylic acids is 2. The Balaban J connectivity index is 1.91. The summed E-state index contributed by atoms with van der Waals surface area (Å²) in [5.74, 6) is -0.179. The SMILES string of the molecule is CCn1cc(NC(=O)C(=O)N[C@H]2CCC[C@H]2CCC(C)C)ccc1=O. The number of rotatable bonds is 6. The second kappa shape index (κ2) is 8.83. The summed E-state index contributed by atoms with van der Waals surface area (Å²) in [7, 11) is 0. The number of pyridine rings is 1. The van der Waals surface area contributed by atoms with Crippen molar-refractivity contribution in [2.75, 3.05) is 5.32 Å². The Kier molecular flexibility index (Phi) is 6.79. The Hall–Kier alpha value is -2.11. The van der Waals surface area contributed by atoms with Crippen LogP contribution in [0.25, 0.3) is 0 Å². The average molecular weight is 347 g/mol. The average Bonchev–Trinajstić information content (AvgIpc) is 3.01. The minimum Gasteiger partial charge on any atom is -0.345 e. The number of aromatic nitrogens is 1. The largest absolute Gasteiger partial charge is 0.345 e. The van der Waals surface area contributed by atoms with Crippen LogP contribution in [0.5, 0.6) is 0 Å². The van der Waals surface area contributed by atoms with E-state index in [4.69, 9.17) is 0 Å². The van der Waals surface area contributed by atoms with E-state index in [1.54, 1.807) is 6.20 Å². The van der Waals surface area contributed by atoms with Crippen LogP contribution in [0.1, 0.15) is 52.9 Å². The molecular formula is C19H29N3O3. The van der Waals surface area contributed by atoms with Crippen molar-refractivity contribution in [3.8, 4) is 0 Å². The summed E-state index contributed by atoms with van der Waals surface area (Å²) in [5.41, 5.74) is 0.313. The predicted octanol–water partition coefficient (Wildman–Crippen LogP) is 2.53. The van der Waals surface area contributed by atoms with Crippen molar-refractivity contribution in [2.24, 2.45) is 11.8 Å². The molecule has 0 spiro atoms. The van der Waals surface area contributed by atoms with Gasteiger partial charge >= 0.3 is 11.8 Å². The summed E-state index contributed by atoms with van der Waals surface area (Å²) in [6.45, 7) is 6.75. The van der Waals surface area contributed by atoms with Gasteiger partial charge in [0.05, 0.1) is 5.69 Å². The summed E-state index contributed by atoms with van der Waals surface area (Å²) in [6.07, 6.45) is 6.92. The van der Waals surface area contributed by atoms with Crippen LogP contribution in [-0.4, -0.2) is 22.4 Å². The van der Waals surface area contributed by atoms with Crippen LogP contribution in [-0.2, 0) is 16.1 Å². The van der Waals surface area contributed by atoms with Crippen LogP contribution in [0.3, 0.4) is 0 Å². The highest BCUT2D eigenvalue weighted by atomic mass is 16.2. The van der Waals surface area contributed by atoms with E-state index < -0.39 is 11.8 Å². The zero-order valence-corrected chi connectivity index (χ0v) is 15.4. The van der Waals surface area contributed by atoms with Crippen molar-refractivity contribution in [3.63, 3.8) is 0 Å². The zero-order valence-electron chi connectivity index (χ0n) is 15.4. The minimum atomic E-state index is -0.684. The molecule has 1 aromatic heterocycles. The monoisotopic (exact) mass is 347 g/mol. The molecule has 2 amide bonds. The molecule has 138 valence electrons. The van der Waals surface area contributed by atoms with Gasteiger partial charge in [-0.15, -0.1) is 0 Å². The van der Waals surface area contributed by atoms with Gasteiger partial charge in [-0.05, 0) is 44.1 Å². The Bertz CT molecular complexity index is 666. The first kappa shape index (κ1) is 19.2. The number of amides is 2. The van der Waals surface area contributed by atoms with Crippen molar-refractivity contribution in [2.45, 2.75) is 65.5 Å². The van der Waals surface area contributed by atoms with E-state index in [0.717, 1.165) is 32.1 Å². The van der Waals surface area contributed by atoms with Crippen LogP contribution in [0, 0.1) is 11.8 Å². The number of carbonyl (C=O) groups is 2. The number of anilines is 1. The predicted molar refractivity (Wildman–Crippen MR) is 98.3 cm³/mol. The Morgan fingerprint density at radius 3 is 2.68 bits per heavy atom. The molecule has 0 bridgehead atoms. The summed E-state index contributed by atoms with van der Waals surface area (Å²) >= 11 is 0. The molecule has 0 aliphatic heterocycles. The van der Waals surface area contributed by atoms with Gasteiger partial charge in [-0.2, -0.15) is 0 Å². The van der Waals surface area contributed by atoms with Crippen LogP contribution in [0.4, 0.5) is 5.69 Å². The Morgan fingerprint density at radius 1 is 1.24 bits per heavy atom. The maximum Gasteiger partial charge on any atom is 0.313 e. The fourth-order valence-corrected chi connectivity index (χ4v) is 3.39. The second-order valence-corrected chi connectivity index (χ2v) is 7.24. The van der Waals surface area contributed by atoms with E-state index in [1.807, 2.05) is 6.92 Å². The maximum absolute atomic E-state index is 12.2. The maximum atomic E-state index is 12.2. The molecular weight excluding hydrogens is 318 g/mol. The van der Waals surface area contributed by atoms with Crippen LogP contribution >= 0.6 is 0 Å². The summed E-state index contributed by atoms with van der Waals surface area (Å²) in [4.78, 5) is 35.9. The molecule has 1 saturated carbocycles.